The van der Waals surface area contributed by atoms with Gasteiger partial charge in [0.1, 0.15) is 66.7 Å². The molecular weight excluding hydrogens is 905 g/mol. The third kappa shape index (κ3) is 9.98. The number of aliphatic hydroxyl groups is 3. The second kappa shape index (κ2) is 20.4. The first kappa shape index (κ1) is 46.5. The summed E-state index contributed by atoms with van der Waals surface area (Å²) in [5, 5.41) is 33.6. The van der Waals surface area contributed by atoms with Crippen molar-refractivity contribution in [3.8, 4) is 40.1 Å². The van der Waals surface area contributed by atoms with E-state index in [4.69, 9.17) is 37.6 Å². The second-order valence-electron chi connectivity index (χ2n) is 17.2. The molecule has 0 amide bonds. The zero-order valence-corrected chi connectivity index (χ0v) is 38.3. The van der Waals surface area contributed by atoms with Gasteiger partial charge in [0.2, 0.25) is 17.5 Å². The number of aryl methyl sites for hydroxylation is 1. The van der Waals surface area contributed by atoms with Crippen molar-refractivity contribution in [1.82, 2.24) is 0 Å². The van der Waals surface area contributed by atoms with Crippen LogP contribution >= 0.6 is 0 Å². The number of carbonyl (C=O) groups is 1. The van der Waals surface area contributed by atoms with Crippen LogP contribution in [0.5, 0.6) is 28.7 Å². The van der Waals surface area contributed by atoms with E-state index in [1.807, 2.05) is 153 Å². The molecule has 8 aromatic rings. The number of fused-ring (bicyclic) bond motifs is 2. The SMILES string of the molecule is Cc1ccc(/C=C/C(=O)OC[C@H]2O[C@@H](Oc3c(-c4ccc5c(c4)OC(c4ccccc4)(c4ccccc4)O5)oc4cc(OCc5ccccc5)cc(OCc5ccccc5)c4c3=O)[C@H](O)[C@@H](O)[C@H]2O)cc1. The minimum absolute atomic E-state index is 0.0311. The highest BCUT2D eigenvalue weighted by Gasteiger charge is 2.47. The van der Waals surface area contributed by atoms with Crippen LogP contribution in [0.25, 0.3) is 28.4 Å². The monoisotopic (exact) mass is 952 g/mol. The Labute approximate surface area is 408 Å². The van der Waals surface area contributed by atoms with Crippen molar-refractivity contribution in [2.45, 2.75) is 56.6 Å². The number of aliphatic hydroxyl groups excluding tert-OH is 3. The molecule has 5 atom stereocenters. The molecule has 3 heterocycles. The summed E-state index contributed by atoms with van der Waals surface area (Å²) in [5.41, 5.74) is 4.60. The Morgan fingerprint density at radius 3 is 1.92 bits per heavy atom. The van der Waals surface area contributed by atoms with E-state index < -0.39 is 60.2 Å². The van der Waals surface area contributed by atoms with E-state index in [0.717, 1.165) is 33.4 Å². The van der Waals surface area contributed by atoms with E-state index in [2.05, 4.69) is 0 Å². The van der Waals surface area contributed by atoms with Crippen molar-refractivity contribution in [3.05, 3.63) is 226 Å². The lowest BCUT2D eigenvalue weighted by Gasteiger charge is -2.39. The minimum atomic E-state index is -1.90. The Morgan fingerprint density at radius 2 is 1.27 bits per heavy atom. The Hall–Kier alpha value is -8.20. The van der Waals surface area contributed by atoms with Gasteiger partial charge in [-0.25, -0.2) is 4.79 Å². The van der Waals surface area contributed by atoms with Crippen LogP contribution in [0.4, 0.5) is 0 Å². The number of hydrogen-bond donors (Lipinski definition) is 3. The molecule has 13 nitrogen and oxygen atoms in total. The molecule has 13 heteroatoms. The van der Waals surface area contributed by atoms with Gasteiger partial charge in [-0.05, 0) is 47.9 Å². The molecule has 0 unspecified atom stereocenters. The van der Waals surface area contributed by atoms with Crippen molar-refractivity contribution in [3.63, 3.8) is 0 Å². The van der Waals surface area contributed by atoms with Gasteiger partial charge in [-0.3, -0.25) is 4.79 Å². The number of rotatable bonds is 15. The van der Waals surface area contributed by atoms with Gasteiger partial charge < -0.3 is 52.9 Å². The molecule has 0 aliphatic carbocycles. The van der Waals surface area contributed by atoms with Crippen molar-refractivity contribution in [2.24, 2.45) is 0 Å². The Morgan fingerprint density at radius 1 is 0.662 bits per heavy atom. The summed E-state index contributed by atoms with van der Waals surface area (Å²) in [6, 6.07) is 53.6. The zero-order valence-electron chi connectivity index (χ0n) is 38.3. The molecule has 0 spiro atoms. The lowest BCUT2D eigenvalue weighted by molar-refractivity contribution is -0.278. The van der Waals surface area contributed by atoms with Gasteiger partial charge in [-0.15, -0.1) is 0 Å². The fourth-order valence-corrected chi connectivity index (χ4v) is 8.40. The Bertz CT molecular complexity index is 3180. The lowest BCUT2D eigenvalue weighted by atomic mass is 9.97. The van der Waals surface area contributed by atoms with Crippen molar-refractivity contribution < 1.29 is 57.7 Å². The maximum absolute atomic E-state index is 15.3. The molecular formula is C58H48O13. The quantitative estimate of drug-likeness (QED) is 0.0657. The highest BCUT2D eigenvalue weighted by molar-refractivity contribution is 5.89. The summed E-state index contributed by atoms with van der Waals surface area (Å²) in [4.78, 5) is 28.1. The van der Waals surface area contributed by atoms with Crippen molar-refractivity contribution in [2.75, 3.05) is 6.61 Å². The summed E-state index contributed by atoms with van der Waals surface area (Å²) in [5.74, 6) is -1.56. The normalized spacial score (nSPS) is 19.1. The third-order valence-electron chi connectivity index (χ3n) is 12.2. The molecule has 0 radical (unpaired) electrons. The van der Waals surface area contributed by atoms with Crippen LogP contribution in [0.3, 0.4) is 0 Å². The minimum Gasteiger partial charge on any atom is -0.489 e. The van der Waals surface area contributed by atoms with Crippen LogP contribution < -0.4 is 29.1 Å². The summed E-state index contributed by atoms with van der Waals surface area (Å²) in [6.45, 7) is 1.67. The Balaban J connectivity index is 1.05. The van der Waals surface area contributed by atoms with Gasteiger partial charge in [-0.1, -0.05) is 151 Å². The predicted molar refractivity (Wildman–Crippen MR) is 263 cm³/mol. The van der Waals surface area contributed by atoms with Crippen LogP contribution in [0, 0.1) is 6.92 Å². The van der Waals surface area contributed by atoms with Gasteiger partial charge in [0.05, 0.1) is 0 Å². The summed E-state index contributed by atoms with van der Waals surface area (Å²) in [6.07, 6.45) is -5.91. The molecule has 0 bridgehead atoms. The molecule has 358 valence electrons. The van der Waals surface area contributed by atoms with Crippen molar-refractivity contribution >= 4 is 23.0 Å². The largest absolute Gasteiger partial charge is 0.489 e. The second-order valence-corrected chi connectivity index (χ2v) is 17.2. The van der Waals surface area contributed by atoms with Crippen LogP contribution in [-0.2, 0) is 33.3 Å². The first-order valence-corrected chi connectivity index (χ1v) is 23.0. The summed E-state index contributed by atoms with van der Waals surface area (Å²) >= 11 is 0. The van der Waals surface area contributed by atoms with E-state index in [1.165, 1.54) is 6.08 Å². The van der Waals surface area contributed by atoms with Gasteiger partial charge in [0.25, 0.3) is 0 Å². The number of esters is 1. The molecule has 2 aliphatic rings. The molecule has 0 saturated carbocycles. The average Bonchev–Trinajstić information content (AvgIpc) is 3.81. The van der Waals surface area contributed by atoms with Gasteiger partial charge in [0, 0.05) is 34.9 Å². The van der Waals surface area contributed by atoms with Gasteiger partial charge in [0.15, 0.2) is 17.3 Å². The van der Waals surface area contributed by atoms with E-state index in [0.29, 0.717) is 17.2 Å². The molecule has 10 rings (SSSR count). The first-order valence-electron chi connectivity index (χ1n) is 23.0. The van der Waals surface area contributed by atoms with E-state index >= 15 is 4.79 Å². The lowest BCUT2D eigenvalue weighted by Crippen LogP contribution is -2.60. The summed E-state index contributed by atoms with van der Waals surface area (Å²) < 4.78 is 50.6. The van der Waals surface area contributed by atoms with Crippen LogP contribution in [-0.4, -0.2) is 58.6 Å². The fourth-order valence-electron chi connectivity index (χ4n) is 8.40. The number of hydrogen-bond acceptors (Lipinski definition) is 13. The smallest absolute Gasteiger partial charge is 0.330 e. The predicted octanol–water partition coefficient (Wildman–Crippen LogP) is 9.04. The molecule has 1 aromatic heterocycles. The summed E-state index contributed by atoms with van der Waals surface area (Å²) in [7, 11) is 0. The average molecular weight is 953 g/mol. The van der Waals surface area contributed by atoms with Crippen LogP contribution in [0.1, 0.15) is 33.4 Å². The molecule has 1 fully saturated rings. The van der Waals surface area contributed by atoms with Gasteiger partial charge in [-0.2, -0.15) is 0 Å². The third-order valence-corrected chi connectivity index (χ3v) is 12.2. The van der Waals surface area contributed by atoms with E-state index in [1.54, 1.807) is 36.4 Å². The molecule has 7 aromatic carbocycles. The first-order chi connectivity index (χ1) is 34.6. The Kier molecular flexibility index (Phi) is 13.4. The molecule has 2 aliphatic heterocycles. The molecule has 3 N–H and O–H groups in total. The highest BCUT2D eigenvalue weighted by atomic mass is 16.7. The van der Waals surface area contributed by atoms with E-state index in [-0.39, 0.29) is 41.3 Å². The van der Waals surface area contributed by atoms with E-state index in [9.17, 15) is 20.1 Å². The zero-order chi connectivity index (χ0) is 48.9. The number of benzene rings is 7. The number of carbonyl (C=O) groups excluding carboxylic acids is 1. The topological polar surface area (TPSA) is 173 Å². The number of ether oxygens (including phenoxy) is 7. The fraction of sp³-hybridized carbons (Fsp3) is 0.172. The highest BCUT2D eigenvalue weighted by Crippen LogP contribution is 2.50. The van der Waals surface area contributed by atoms with Gasteiger partial charge >= 0.3 is 11.8 Å². The van der Waals surface area contributed by atoms with Crippen LogP contribution in [0.2, 0.25) is 0 Å². The standard InChI is InChI=1S/C58H48O13/c1-36-22-24-37(25-23-36)26-29-49(59)66-35-48-51(60)53(62)54(63)57(68-48)69-56-52(61)50-46(65-34-39-16-8-3-9-17-39)31-43(64-33-38-14-6-2-7-15-38)32-47(50)67-55(56)40-27-28-44-45(30-40)71-58(70-44,41-18-10-4-11-19-41)42-20-12-5-13-21-42/h2-32,48,51,53-54,57,60,62-63H,33-35H2,1H3/b29-26+/t48-,51+,53+,54-,57+/m1/s1. The molecule has 1 saturated heterocycles. The maximum Gasteiger partial charge on any atom is 0.330 e. The van der Waals surface area contributed by atoms with Crippen molar-refractivity contribution in [1.29, 1.82) is 0 Å². The van der Waals surface area contributed by atoms with Crippen LogP contribution in [0.15, 0.2) is 191 Å². The molecule has 71 heavy (non-hydrogen) atoms. The maximum atomic E-state index is 15.3.